The van der Waals surface area contributed by atoms with E-state index in [1.54, 1.807) is 6.08 Å². The normalized spacial score (nSPS) is 9.50. The lowest BCUT2D eigenvalue weighted by Gasteiger charge is -2.05. The zero-order chi connectivity index (χ0) is 9.84. The van der Waals surface area contributed by atoms with Crippen molar-refractivity contribution in [1.82, 2.24) is 0 Å². The number of nitrogens with two attached hydrogens (primary N) is 1. The second-order valence-corrected chi connectivity index (χ2v) is 3.03. The van der Waals surface area contributed by atoms with Crippen molar-refractivity contribution in [2.24, 2.45) is 0 Å². The Bertz CT molecular complexity index is 366. The molecule has 2 nitrogen and oxygen atoms in total. The van der Waals surface area contributed by atoms with Crippen LogP contribution in [-0.2, 0) is 0 Å². The summed E-state index contributed by atoms with van der Waals surface area (Å²) >= 11 is 0. The molecule has 0 aromatic heterocycles. The molecule has 0 saturated heterocycles. The van der Waals surface area contributed by atoms with Crippen LogP contribution in [-0.4, -0.2) is 0 Å². The molecular weight excluding hydrogens is 196 g/mol. The minimum Gasteiger partial charge on any atom is -0.398 e. The highest BCUT2D eigenvalue weighted by molar-refractivity contribution is 5.85. The van der Waals surface area contributed by atoms with E-state index in [9.17, 15) is 0 Å². The third-order valence-electron chi connectivity index (χ3n) is 1.97. The molecule has 0 amide bonds. The van der Waals surface area contributed by atoms with E-state index in [4.69, 9.17) is 11.0 Å². The number of anilines is 1. The number of nitriles is 1. The van der Waals surface area contributed by atoms with Crippen LogP contribution in [0.1, 0.15) is 16.7 Å². The first-order chi connectivity index (χ1) is 6.15. The second kappa shape index (κ2) is 5.31. The third-order valence-corrected chi connectivity index (χ3v) is 1.97. The van der Waals surface area contributed by atoms with Gasteiger partial charge in [-0.1, -0.05) is 0 Å². The number of hydrogen-bond acceptors (Lipinski definition) is 2. The van der Waals surface area contributed by atoms with Gasteiger partial charge in [-0.15, -0.1) is 12.4 Å². The molecule has 1 rings (SSSR count). The average molecular weight is 209 g/mol. The summed E-state index contributed by atoms with van der Waals surface area (Å²) in [6.07, 6.45) is 3.24. The fraction of sp³-hybridized carbons (Fsp3) is 0.182. The van der Waals surface area contributed by atoms with E-state index in [-0.39, 0.29) is 12.4 Å². The van der Waals surface area contributed by atoms with Crippen LogP contribution in [0.5, 0.6) is 0 Å². The third kappa shape index (κ3) is 2.79. The number of nitrogens with zero attached hydrogens (tertiary/aromatic N) is 1. The number of benzene rings is 1. The summed E-state index contributed by atoms with van der Waals surface area (Å²) in [5.74, 6) is 0. The summed E-state index contributed by atoms with van der Waals surface area (Å²) in [4.78, 5) is 0. The van der Waals surface area contributed by atoms with Gasteiger partial charge in [0.25, 0.3) is 0 Å². The molecule has 0 unspecified atom stereocenters. The maximum Gasteiger partial charge on any atom is 0.0912 e. The number of nitrogen functional groups attached to an aromatic ring is 1. The van der Waals surface area contributed by atoms with Crippen molar-refractivity contribution in [2.45, 2.75) is 13.8 Å². The molecule has 0 aliphatic heterocycles. The lowest BCUT2D eigenvalue weighted by Crippen LogP contribution is -1.93. The van der Waals surface area contributed by atoms with Gasteiger partial charge in [-0.25, -0.2) is 0 Å². The minimum absolute atomic E-state index is 0. The number of rotatable bonds is 1. The summed E-state index contributed by atoms with van der Waals surface area (Å²) in [6.45, 7) is 3.93. The van der Waals surface area contributed by atoms with E-state index in [0.717, 1.165) is 22.4 Å². The summed E-state index contributed by atoms with van der Waals surface area (Å²) < 4.78 is 0. The first-order valence-electron chi connectivity index (χ1n) is 4.08. The van der Waals surface area contributed by atoms with Crippen LogP contribution in [0.2, 0.25) is 0 Å². The molecule has 0 fully saturated rings. The van der Waals surface area contributed by atoms with Crippen LogP contribution in [0.4, 0.5) is 5.69 Å². The van der Waals surface area contributed by atoms with Crippen molar-refractivity contribution in [1.29, 1.82) is 5.26 Å². The summed E-state index contributed by atoms with van der Waals surface area (Å²) in [5, 5.41) is 8.36. The summed E-state index contributed by atoms with van der Waals surface area (Å²) in [6, 6.07) is 5.89. The SMILES string of the molecule is Cc1cc(/C=C\C#N)cc(C)c1N.Cl. The molecular formula is C11H13ClN2. The summed E-state index contributed by atoms with van der Waals surface area (Å²) in [7, 11) is 0. The predicted molar refractivity (Wildman–Crippen MR) is 62.2 cm³/mol. The monoisotopic (exact) mass is 208 g/mol. The molecule has 0 aliphatic rings. The van der Waals surface area contributed by atoms with Crippen molar-refractivity contribution in [3.63, 3.8) is 0 Å². The van der Waals surface area contributed by atoms with E-state index in [2.05, 4.69) is 0 Å². The van der Waals surface area contributed by atoms with Crippen LogP contribution >= 0.6 is 12.4 Å². The highest BCUT2D eigenvalue weighted by Crippen LogP contribution is 2.19. The Balaban J connectivity index is 0.00000169. The lowest BCUT2D eigenvalue weighted by molar-refractivity contribution is 1.38. The number of aryl methyl sites for hydroxylation is 2. The van der Waals surface area contributed by atoms with Crippen LogP contribution in [0.15, 0.2) is 18.2 Å². The smallest absolute Gasteiger partial charge is 0.0912 e. The van der Waals surface area contributed by atoms with Gasteiger partial charge in [0.2, 0.25) is 0 Å². The van der Waals surface area contributed by atoms with Crippen molar-refractivity contribution in [2.75, 3.05) is 5.73 Å². The maximum atomic E-state index is 8.36. The Morgan fingerprint density at radius 3 is 2.21 bits per heavy atom. The van der Waals surface area contributed by atoms with Crippen molar-refractivity contribution in [3.05, 3.63) is 34.9 Å². The first-order valence-corrected chi connectivity index (χ1v) is 4.08. The van der Waals surface area contributed by atoms with Crippen molar-refractivity contribution < 1.29 is 0 Å². The first kappa shape index (κ1) is 12.5. The second-order valence-electron chi connectivity index (χ2n) is 3.03. The van der Waals surface area contributed by atoms with Gasteiger partial charge in [0, 0.05) is 11.8 Å². The minimum atomic E-state index is 0. The molecule has 3 heteroatoms. The molecule has 0 saturated carbocycles. The van der Waals surface area contributed by atoms with Crippen molar-refractivity contribution >= 4 is 24.2 Å². The molecule has 2 N–H and O–H groups in total. The van der Waals surface area contributed by atoms with Gasteiger partial charge in [0.05, 0.1) is 6.07 Å². The Kier molecular flexibility index (Phi) is 4.76. The molecule has 1 aromatic rings. The Hall–Kier alpha value is -1.46. The maximum absolute atomic E-state index is 8.36. The van der Waals surface area contributed by atoms with Crippen LogP contribution in [0.3, 0.4) is 0 Å². The van der Waals surface area contributed by atoms with Gasteiger partial charge in [-0.05, 0) is 48.7 Å². The number of hydrogen-bond donors (Lipinski definition) is 1. The standard InChI is InChI=1S/C11H12N2.ClH/c1-8-6-10(4-3-5-12)7-9(2)11(8)13;/h3-4,6-7H,13H2,1-2H3;1H/b4-3-;. The van der Waals surface area contributed by atoms with Crippen LogP contribution in [0, 0.1) is 25.2 Å². The lowest BCUT2D eigenvalue weighted by atomic mass is 10.0. The quantitative estimate of drug-likeness (QED) is 0.570. The van der Waals surface area contributed by atoms with Gasteiger partial charge in [-0.2, -0.15) is 5.26 Å². The van der Waals surface area contributed by atoms with Crippen LogP contribution < -0.4 is 5.73 Å². The fourth-order valence-electron chi connectivity index (χ4n) is 1.24. The van der Waals surface area contributed by atoms with Gasteiger partial charge in [0.15, 0.2) is 0 Å². The largest absolute Gasteiger partial charge is 0.398 e. The van der Waals surface area contributed by atoms with Crippen molar-refractivity contribution in [3.8, 4) is 6.07 Å². The van der Waals surface area contributed by atoms with E-state index in [1.165, 1.54) is 6.08 Å². The molecule has 0 aliphatic carbocycles. The Morgan fingerprint density at radius 2 is 1.79 bits per heavy atom. The number of halogens is 1. The Labute approximate surface area is 90.5 Å². The molecule has 74 valence electrons. The predicted octanol–water partition coefficient (Wildman–Crippen LogP) is 2.84. The van der Waals surface area contributed by atoms with Gasteiger partial charge in [0.1, 0.15) is 0 Å². The van der Waals surface area contributed by atoms with E-state index in [0.29, 0.717) is 0 Å². The van der Waals surface area contributed by atoms with E-state index >= 15 is 0 Å². The van der Waals surface area contributed by atoms with E-state index < -0.39 is 0 Å². The number of allylic oxidation sites excluding steroid dienone is 1. The topological polar surface area (TPSA) is 49.8 Å². The highest BCUT2D eigenvalue weighted by atomic mass is 35.5. The molecule has 0 radical (unpaired) electrons. The van der Waals surface area contributed by atoms with Gasteiger partial charge < -0.3 is 5.73 Å². The molecule has 0 heterocycles. The molecule has 0 bridgehead atoms. The van der Waals surface area contributed by atoms with E-state index in [1.807, 2.05) is 32.0 Å². The zero-order valence-electron chi connectivity index (χ0n) is 8.24. The zero-order valence-corrected chi connectivity index (χ0v) is 9.06. The molecule has 14 heavy (non-hydrogen) atoms. The summed E-state index contributed by atoms with van der Waals surface area (Å²) in [5.41, 5.74) is 9.74. The molecule has 0 atom stereocenters. The fourth-order valence-corrected chi connectivity index (χ4v) is 1.24. The van der Waals surface area contributed by atoms with Gasteiger partial charge >= 0.3 is 0 Å². The molecule has 0 spiro atoms. The highest BCUT2D eigenvalue weighted by Gasteiger charge is 1.98. The van der Waals surface area contributed by atoms with Gasteiger partial charge in [-0.3, -0.25) is 0 Å². The molecule has 1 aromatic carbocycles. The average Bonchev–Trinajstić information content (AvgIpc) is 2.10. The Morgan fingerprint density at radius 1 is 1.29 bits per heavy atom. The van der Waals surface area contributed by atoms with Crippen LogP contribution in [0.25, 0.3) is 6.08 Å².